The lowest BCUT2D eigenvalue weighted by atomic mass is 10.1. The molecule has 0 aliphatic rings. The van der Waals surface area contributed by atoms with E-state index in [9.17, 15) is 22.0 Å². The Hall–Kier alpha value is -2.52. The second-order valence-electron chi connectivity index (χ2n) is 5.14. The number of primary sulfonamides is 1. The van der Waals surface area contributed by atoms with Crippen LogP contribution in [-0.4, -0.2) is 21.5 Å². The second-order valence-corrected chi connectivity index (χ2v) is 6.70. The van der Waals surface area contributed by atoms with Crippen LogP contribution in [-0.2, 0) is 21.3 Å². The highest BCUT2D eigenvalue weighted by Crippen LogP contribution is 2.23. The number of carbonyl (C=O) groups excluding carboxylic acids is 1. The fraction of sp³-hybridized carbons (Fsp3) is 0.188. The van der Waals surface area contributed by atoms with E-state index in [-0.39, 0.29) is 22.6 Å². The van der Waals surface area contributed by atoms with Gasteiger partial charge in [0, 0.05) is 17.8 Å². The first-order chi connectivity index (χ1) is 11.7. The standard InChI is InChI=1S/C16H16F2N2O4S/c1-24-16(21)13-8-12(25(19,22)23)6-7-14(13)20-9-10-2-4-11(5-3-10)15(17)18/h2-8,15,20H,9H2,1H3,(H2,19,22,23). The molecule has 3 N–H and O–H groups in total. The number of benzene rings is 2. The summed E-state index contributed by atoms with van der Waals surface area (Å²) in [4.78, 5) is 11.6. The molecule has 0 fully saturated rings. The van der Waals surface area contributed by atoms with Crippen LogP contribution in [0.1, 0.15) is 27.9 Å². The first-order valence-electron chi connectivity index (χ1n) is 7.08. The number of hydrogen-bond donors (Lipinski definition) is 2. The first-order valence-corrected chi connectivity index (χ1v) is 8.63. The van der Waals surface area contributed by atoms with Gasteiger partial charge in [0.25, 0.3) is 6.43 Å². The van der Waals surface area contributed by atoms with E-state index >= 15 is 0 Å². The van der Waals surface area contributed by atoms with Crippen molar-refractivity contribution in [1.29, 1.82) is 0 Å². The molecule has 2 aromatic rings. The molecule has 0 aliphatic heterocycles. The molecule has 0 spiro atoms. The second kappa shape index (κ2) is 7.58. The van der Waals surface area contributed by atoms with Gasteiger partial charge >= 0.3 is 5.97 Å². The molecule has 0 amide bonds. The molecule has 2 aromatic carbocycles. The maximum absolute atomic E-state index is 12.5. The van der Waals surface area contributed by atoms with Gasteiger partial charge in [0.15, 0.2) is 0 Å². The number of ether oxygens (including phenoxy) is 1. The van der Waals surface area contributed by atoms with Crippen LogP contribution in [0.15, 0.2) is 47.4 Å². The molecule has 0 saturated heterocycles. The number of nitrogens with one attached hydrogen (secondary N) is 1. The van der Waals surface area contributed by atoms with Crippen molar-refractivity contribution in [2.45, 2.75) is 17.9 Å². The zero-order valence-corrected chi connectivity index (χ0v) is 14.0. The summed E-state index contributed by atoms with van der Waals surface area (Å²) in [5.41, 5.74) is 0.947. The van der Waals surface area contributed by atoms with E-state index in [0.29, 0.717) is 11.3 Å². The first kappa shape index (κ1) is 18.8. The molecule has 0 unspecified atom stereocenters. The Labute approximate surface area is 143 Å². The van der Waals surface area contributed by atoms with Crippen molar-refractivity contribution >= 4 is 21.7 Å². The summed E-state index contributed by atoms with van der Waals surface area (Å²) < 4.78 is 52.6. The zero-order valence-electron chi connectivity index (χ0n) is 13.2. The lowest BCUT2D eigenvalue weighted by Gasteiger charge is -2.12. The topological polar surface area (TPSA) is 98.5 Å². The van der Waals surface area contributed by atoms with Crippen molar-refractivity contribution in [3.63, 3.8) is 0 Å². The number of alkyl halides is 2. The number of hydrogen-bond acceptors (Lipinski definition) is 5. The van der Waals surface area contributed by atoms with Gasteiger partial charge in [0.2, 0.25) is 10.0 Å². The van der Waals surface area contributed by atoms with Crippen molar-refractivity contribution in [2.24, 2.45) is 5.14 Å². The quantitative estimate of drug-likeness (QED) is 0.762. The van der Waals surface area contributed by atoms with Gasteiger partial charge < -0.3 is 10.1 Å². The maximum Gasteiger partial charge on any atom is 0.340 e. The van der Waals surface area contributed by atoms with Gasteiger partial charge in [-0.25, -0.2) is 27.1 Å². The van der Waals surface area contributed by atoms with Crippen LogP contribution >= 0.6 is 0 Å². The monoisotopic (exact) mass is 370 g/mol. The van der Waals surface area contributed by atoms with E-state index in [0.717, 1.165) is 6.07 Å². The zero-order chi connectivity index (χ0) is 18.6. The molecule has 9 heteroatoms. The highest BCUT2D eigenvalue weighted by Gasteiger charge is 2.17. The van der Waals surface area contributed by atoms with Crippen LogP contribution in [0.2, 0.25) is 0 Å². The van der Waals surface area contributed by atoms with Crippen molar-refractivity contribution in [3.8, 4) is 0 Å². The summed E-state index contributed by atoms with van der Waals surface area (Å²) in [5.74, 6) is -0.735. The molecule has 0 aromatic heterocycles. The summed E-state index contributed by atoms with van der Waals surface area (Å²) in [7, 11) is -2.80. The van der Waals surface area contributed by atoms with Crippen LogP contribution in [0.25, 0.3) is 0 Å². The van der Waals surface area contributed by atoms with Crippen LogP contribution in [0, 0.1) is 0 Å². The Bertz CT molecular complexity index is 868. The maximum atomic E-state index is 12.5. The highest BCUT2D eigenvalue weighted by molar-refractivity contribution is 7.89. The van der Waals surface area contributed by atoms with E-state index in [2.05, 4.69) is 10.1 Å². The molecule has 134 valence electrons. The molecule has 0 atom stereocenters. The summed E-state index contributed by atoms with van der Waals surface area (Å²) in [6.45, 7) is 0.238. The van der Waals surface area contributed by atoms with E-state index in [4.69, 9.17) is 5.14 Å². The highest BCUT2D eigenvalue weighted by atomic mass is 32.2. The van der Waals surface area contributed by atoms with Gasteiger partial charge in [-0.15, -0.1) is 0 Å². The summed E-state index contributed by atoms with van der Waals surface area (Å²) >= 11 is 0. The minimum absolute atomic E-state index is 0.00164. The Balaban J connectivity index is 2.24. The molecule has 6 nitrogen and oxygen atoms in total. The molecule has 0 radical (unpaired) electrons. The molecular weight excluding hydrogens is 354 g/mol. The smallest absolute Gasteiger partial charge is 0.340 e. The Morgan fingerprint density at radius 3 is 2.36 bits per heavy atom. The van der Waals surface area contributed by atoms with Crippen LogP contribution < -0.4 is 10.5 Å². The summed E-state index contributed by atoms with van der Waals surface area (Å²) in [6.07, 6.45) is -2.54. The van der Waals surface area contributed by atoms with Crippen molar-refractivity contribution in [2.75, 3.05) is 12.4 Å². The fourth-order valence-electron chi connectivity index (χ4n) is 2.11. The van der Waals surface area contributed by atoms with Gasteiger partial charge in [0.1, 0.15) is 0 Å². The van der Waals surface area contributed by atoms with Crippen molar-refractivity contribution in [3.05, 3.63) is 59.2 Å². The fourth-order valence-corrected chi connectivity index (χ4v) is 2.65. The molecule has 2 rings (SSSR count). The molecule has 0 saturated carbocycles. The van der Waals surface area contributed by atoms with Crippen molar-refractivity contribution in [1.82, 2.24) is 0 Å². The number of esters is 1. The number of rotatable bonds is 6. The number of carbonyl (C=O) groups is 1. The minimum atomic E-state index is -3.97. The minimum Gasteiger partial charge on any atom is -0.465 e. The third kappa shape index (κ3) is 4.74. The van der Waals surface area contributed by atoms with Gasteiger partial charge in [0.05, 0.1) is 17.6 Å². The Morgan fingerprint density at radius 2 is 1.84 bits per heavy atom. The number of methoxy groups -OCH3 is 1. The average Bonchev–Trinajstić information content (AvgIpc) is 2.58. The van der Waals surface area contributed by atoms with Gasteiger partial charge in [-0.1, -0.05) is 24.3 Å². The van der Waals surface area contributed by atoms with E-state index in [1.54, 1.807) is 0 Å². The van der Waals surface area contributed by atoms with Crippen LogP contribution in [0.3, 0.4) is 0 Å². The number of halogens is 2. The van der Waals surface area contributed by atoms with E-state index < -0.39 is 22.4 Å². The Morgan fingerprint density at radius 1 is 1.20 bits per heavy atom. The molecular formula is C16H16F2N2O4S. The van der Waals surface area contributed by atoms with Gasteiger partial charge in [-0.2, -0.15) is 0 Å². The summed E-state index contributed by atoms with van der Waals surface area (Å²) in [6, 6.07) is 9.45. The van der Waals surface area contributed by atoms with Gasteiger partial charge in [-0.3, -0.25) is 0 Å². The Kier molecular flexibility index (Phi) is 5.70. The van der Waals surface area contributed by atoms with Crippen LogP contribution in [0.5, 0.6) is 0 Å². The van der Waals surface area contributed by atoms with Crippen molar-refractivity contribution < 1.29 is 26.7 Å². The lowest BCUT2D eigenvalue weighted by molar-refractivity contribution is 0.0601. The molecule has 0 aliphatic carbocycles. The predicted molar refractivity (Wildman–Crippen MR) is 87.9 cm³/mol. The average molecular weight is 370 g/mol. The van der Waals surface area contributed by atoms with E-state index in [1.165, 1.54) is 43.5 Å². The normalized spacial score (nSPS) is 11.4. The summed E-state index contributed by atoms with van der Waals surface area (Å²) in [5, 5.41) is 8.01. The number of sulfonamides is 1. The third-order valence-electron chi connectivity index (χ3n) is 3.44. The number of nitrogens with two attached hydrogens (primary N) is 1. The SMILES string of the molecule is COC(=O)c1cc(S(N)(=O)=O)ccc1NCc1ccc(C(F)F)cc1. The molecule has 0 bridgehead atoms. The lowest BCUT2D eigenvalue weighted by Crippen LogP contribution is -2.15. The third-order valence-corrected chi connectivity index (χ3v) is 4.35. The largest absolute Gasteiger partial charge is 0.465 e. The predicted octanol–water partition coefficient (Wildman–Crippen LogP) is 2.67. The van der Waals surface area contributed by atoms with Gasteiger partial charge in [-0.05, 0) is 23.8 Å². The molecule has 0 heterocycles. The van der Waals surface area contributed by atoms with Crippen LogP contribution in [0.4, 0.5) is 14.5 Å². The number of anilines is 1. The molecule has 25 heavy (non-hydrogen) atoms. The van der Waals surface area contributed by atoms with E-state index in [1.807, 2.05) is 0 Å².